The summed E-state index contributed by atoms with van der Waals surface area (Å²) in [4.78, 5) is 0.126. The summed E-state index contributed by atoms with van der Waals surface area (Å²) in [5.74, 6) is 0. The van der Waals surface area contributed by atoms with E-state index in [1.807, 2.05) is 12.1 Å². The van der Waals surface area contributed by atoms with Crippen LogP contribution in [-0.2, 0) is 6.42 Å². The lowest BCUT2D eigenvalue weighted by Gasteiger charge is -2.24. The lowest BCUT2D eigenvalue weighted by Crippen LogP contribution is -2.19. The van der Waals surface area contributed by atoms with Gasteiger partial charge in [0.05, 0.1) is 9.89 Å². The molecule has 3 rings (SSSR count). The van der Waals surface area contributed by atoms with E-state index in [9.17, 15) is 5.11 Å². The van der Waals surface area contributed by atoms with Gasteiger partial charge in [-0.25, -0.2) is 0 Å². The number of aliphatic hydroxyl groups is 1. The molecular formula is C11H8Br2OS. The molecule has 1 aromatic carbocycles. The second kappa shape index (κ2) is 3.55. The number of hydrogen-bond donors (Lipinski definition) is 1. The van der Waals surface area contributed by atoms with E-state index in [4.69, 9.17) is 0 Å². The molecule has 0 fully saturated rings. The zero-order valence-corrected chi connectivity index (χ0v) is 11.7. The molecule has 0 aliphatic heterocycles. The van der Waals surface area contributed by atoms with Crippen molar-refractivity contribution in [3.8, 4) is 0 Å². The number of thiophene rings is 1. The molecule has 1 aromatic heterocycles. The van der Waals surface area contributed by atoms with E-state index in [0.29, 0.717) is 0 Å². The second-order valence-electron chi connectivity index (χ2n) is 3.74. The average molecular weight is 348 g/mol. The van der Waals surface area contributed by atoms with Gasteiger partial charge >= 0.3 is 0 Å². The van der Waals surface area contributed by atoms with Crippen molar-refractivity contribution in [1.82, 2.24) is 0 Å². The third kappa shape index (κ3) is 1.42. The molecule has 0 radical (unpaired) electrons. The molecule has 1 aliphatic rings. The van der Waals surface area contributed by atoms with Crippen molar-refractivity contribution in [3.05, 3.63) is 33.1 Å². The number of halogens is 2. The first-order valence-electron chi connectivity index (χ1n) is 4.70. The molecule has 2 atom stereocenters. The molecular weight excluding hydrogens is 340 g/mol. The van der Waals surface area contributed by atoms with E-state index in [1.165, 1.54) is 19.4 Å². The van der Waals surface area contributed by atoms with Crippen LogP contribution in [0.4, 0.5) is 0 Å². The highest BCUT2D eigenvalue weighted by molar-refractivity contribution is 9.11. The standard InChI is InChI=1S/C11H8Br2OS/c12-7-4-6-9-5(10(7)14)2-1-3-8(9)15-11(6)13/h1-3,7,10,14H,4H2. The van der Waals surface area contributed by atoms with Crippen molar-refractivity contribution in [2.24, 2.45) is 0 Å². The van der Waals surface area contributed by atoms with Crippen molar-refractivity contribution in [2.75, 3.05) is 0 Å². The zero-order valence-electron chi connectivity index (χ0n) is 7.71. The van der Waals surface area contributed by atoms with Crippen molar-refractivity contribution in [3.63, 3.8) is 0 Å². The Labute approximate surface area is 108 Å². The maximum absolute atomic E-state index is 10.1. The quantitative estimate of drug-likeness (QED) is 0.714. The van der Waals surface area contributed by atoms with Crippen molar-refractivity contribution in [1.29, 1.82) is 0 Å². The van der Waals surface area contributed by atoms with E-state index in [-0.39, 0.29) is 10.9 Å². The summed E-state index contributed by atoms with van der Waals surface area (Å²) in [5, 5.41) is 11.3. The fourth-order valence-electron chi connectivity index (χ4n) is 2.14. The van der Waals surface area contributed by atoms with Crippen molar-refractivity contribution >= 4 is 53.3 Å². The Bertz CT molecular complexity index is 535. The minimum atomic E-state index is -0.386. The first-order valence-corrected chi connectivity index (χ1v) is 7.23. The molecule has 0 amide bonds. The normalized spacial score (nSPS) is 24.7. The average Bonchev–Trinajstić information content (AvgIpc) is 2.53. The van der Waals surface area contributed by atoms with Gasteiger partial charge in [0.25, 0.3) is 0 Å². The topological polar surface area (TPSA) is 20.2 Å². The van der Waals surface area contributed by atoms with Crippen LogP contribution in [0, 0.1) is 0 Å². The van der Waals surface area contributed by atoms with Crippen LogP contribution in [0.15, 0.2) is 22.0 Å². The molecule has 15 heavy (non-hydrogen) atoms. The molecule has 1 nitrogen and oxygen atoms in total. The predicted molar refractivity (Wildman–Crippen MR) is 70.9 cm³/mol. The van der Waals surface area contributed by atoms with Crippen LogP contribution in [0.5, 0.6) is 0 Å². The van der Waals surface area contributed by atoms with E-state index in [2.05, 4.69) is 37.9 Å². The van der Waals surface area contributed by atoms with Crippen LogP contribution in [-0.4, -0.2) is 9.93 Å². The molecule has 1 aliphatic carbocycles. The van der Waals surface area contributed by atoms with Crippen LogP contribution in [0.2, 0.25) is 0 Å². The number of alkyl halides is 1. The smallest absolute Gasteiger partial charge is 0.0924 e. The summed E-state index contributed by atoms with van der Waals surface area (Å²) in [6.07, 6.45) is 0.501. The monoisotopic (exact) mass is 346 g/mol. The highest BCUT2D eigenvalue weighted by Crippen LogP contribution is 2.45. The Hall–Kier alpha value is 0.1000. The molecule has 2 unspecified atom stereocenters. The number of aliphatic hydroxyl groups excluding tert-OH is 1. The van der Waals surface area contributed by atoms with E-state index >= 15 is 0 Å². The van der Waals surface area contributed by atoms with Gasteiger partial charge in [-0.3, -0.25) is 0 Å². The molecule has 0 spiro atoms. The third-order valence-corrected chi connectivity index (χ3v) is 5.63. The lowest BCUT2D eigenvalue weighted by molar-refractivity contribution is 0.175. The van der Waals surface area contributed by atoms with Gasteiger partial charge in [-0.05, 0) is 39.5 Å². The first kappa shape index (κ1) is 10.3. The highest BCUT2D eigenvalue weighted by atomic mass is 79.9. The molecule has 4 heteroatoms. The van der Waals surface area contributed by atoms with E-state index in [0.717, 1.165) is 12.0 Å². The maximum atomic E-state index is 10.1. The first-order chi connectivity index (χ1) is 7.18. The Balaban J connectivity index is 2.42. The van der Waals surface area contributed by atoms with Crippen LogP contribution >= 0.6 is 43.2 Å². The molecule has 1 heterocycles. The molecule has 0 bridgehead atoms. The van der Waals surface area contributed by atoms with Crippen LogP contribution in [0.1, 0.15) is 17.2 Å². The zero-order chi connectivity index (χ0) is 10.6. The Kier molecular flexibility index (Phi) is 2.43. The van der Waals surface area contributed by atoms with Gasteiger partial charge in [0.15, 0.2) is 0 Å². The summed E-state index contributed by atoms with van der Waals surface area (Å²) in [5.41, 5.74) is 2.38. The second-order valence-corrected chi connectivity index (χ2v) is 7.29. The fourth-order valence-corrected chi connectivity index (χ4v) is 4.63. The van der Waals surface area contributed by atoms with Crippen LogP contribution in [0.3, 0.4) is 0 Å². The minimum absolute atomic E-state index is 0.126. The Morgan fingerprint density at radius 1 is 1.40 bits per heavy atom. The summed E-state index contributed by atoms with van der Waals surface area (Å²) < 4.78 is 2.45. The molecule has 0 saturated heterocycles. The van der Waals surface area contributed by atoms with Crippen LogP contribution in [0.25, 0.3) is 10.1 Å². The van der Waals surface area contributed by atoms with Crippen LogP contribution < -0.4 is 0 Å². The van der Waals surface area contributed by atoms with Gasteiger partial charge < -0.3 is 5.11 Å². The highest BCUT2D eigenvalue weighted by Gasteiger charge is 2.29. The minimum Gasteiger partial charge on any atom is -0.387 e. The SMILES string of the molecule is OC1c2cccc3sc(Br)c(c23)CC1Br. The van der Waals surface area contributed by atoms with E-state index in [1.54, 1.807) is 11.3 Å². The summed E-state index contributed by atoms with van der Waals surface area (Å²) >= 11 is 8.89. The van der Waals surface area contributed by atoms with Gasteiger partial charge in [-0.2, -0.15) is 0 Å². The Morgan fingerprint density at radius 3 is 3.00 bits per heavy atom. The summed E-state index contributed by atoms with van der Waals surface area (Å²) in [7, 11) is 0. The number of rotatable bonds is 0. The molecule has 2 aromatic rings. The number of benzene rings is 1. The van der Waals surface area contributed by atoms with Gasteiger partial charge in [-0.15, -0.1) is 11.3 Å². The Morgan fingerprint density at radius 2 is 2.20 bits per heavy atom. The molecule has 0 saturated carbocycles. The van der Waals surface area contributed by atoms with Gasteiger partial charge in [0, 0.05) is 14.9 Å². The fraction of sp³-hybridized carbons (Fsp3) is 0.273. The summed E-state index contributed by atoms with van der Waals surface area (Å²) in [6, 6.07) is 6.14. The predicted octanol–water partition coefficient (Wildman–Crippen LogP) is 4.02. The van der Waals surface area contributed by atoms with Crippen molar-refractivity contribution < 1.29 is 5.11 Å². The molecule has 1 N–H and O–H groups in total. The van der Waals surface area contributed by atoms with Gasteiger partial charge in [0.1, 0.15) is 0 Å². The van der Waals surface area contributed by atoms with Gasteiger partial charge in [0.2, 0.25) is 0 Å². The third-order valence-electron chi connectivity index (χ3n) is 2.86. The summed E-state index contributed by atoms with van der Waals surface area (Å²) in [6.45, 7) is 0. The van der Waals surface area contributed by atoms with E-state index < -0.39 is 0 Å². The lowest BCUT2D eigenvalue weighted by atomic mass is 9.91. The largest absolute Gasteiger partial charge is 0.387 e. The molecule has 78 valence electrons. The number of hydrogen-bond acceptors (Lipinski definition) is 2. The van der Waals surface area contributed by atoms with Gasteiger partial charge in [-0.1, -0.05) is 28.1 Å². The van der Waals surface area contributed by atoms with Crippen molar-refractivity contribution in [2.45, 2.75) is 17.4 Å². The maximum Gasteiger partial charge on any atom is 0.0924 e.